The Labute approximate surface area is 139 Å². The average Bonchev–Trinajstić information content (AvgIpc) is 2.50. The van der Waals surface area contributed by atoms with Crippen molar-refractivity contribution in [1.82, 2.24) is 9.55 Å². The molecule has 0 fully saturated rings. The minimum absolute atomic E-state index is 0.0644. The molecule has 6 heteroatoms. The number of aromatic nitrogens is 2. The maximum absolute atomic E-state index is 12.7. The summed E-state index contributed by atoms with van der Waals surface area (Å²) in [6, 6.07) is 7.27. The van der Waals surface area contributed by atoms with Crippen molar-refractivity contribution in [3.05, 3.63) is 33.6 Å². The molecule has 1 aromatic heterocycles. The van der Waals surface area contributed by atoms with Crippen LogP contribution < -0.4 is 5.56 Å². The van der Waals surface area contributed by atoms with Crippen LogP contribution >= 0.6 is 23.4 Å². The van der Waals surface area contributed by atoms with E-state index in [0.717, 1.165) is 19.3 Å². The van der Waals surface area contributed by atoms with Crippen LogP contribution in [0.5, 0.6) is 0 Å². The second-order valence-corrected chi connectivity index (χ2v) is 6.85. The molecule has 22 heavy (non-hydrogen) atoms. The zero-order chi connectivity index (χ0) is 16.1. The van der Waals surface area contributed by atoms with Crippen molar-refractivity contribution in [2.45, 2.75) is 50.1 Å². The lowest BCUT2D eigenvalue weighted by atomic mass is 10.2. The van der Waals surface area contributed by atoms with Crippen LogP contribution in [0, 0.1) is 11.3 Å². The molecule has 2 rings (SSSR count). The normalized spacial score (nSPS) is 12.3. The van der Waals surface area contributed by atoms with Crippen LogP contribution in [0.2, 0.25) is 5.02 Å². The van der Waals surface area contributed by atoms with Gasteiger partial charge in [0.2, 0.25) is 0 Å². The number of rotatable bonds is 6. The van der Waals surface area contributed by atoms with E-state index < -0.39 is 0 Å². The molecule has 1 heterocycles. The van der Waals surface area contributed by atoms with E-state index in [0.29, 0.717) is 27.6 Å². The van der Waals surface area contributed by atoms with E-state index in [1.807, 2.05) is 0 Å². The fourth-order valence-electron chi connectivity index (χ4n) is 2.17. The van der Waals surface area contributed by atoms with Gasteiger partial charge >= 0.3 is 0 Å². The van der Waals surface area contributed by atoms with Crippen LogP contribution in [0.15, 0.2) is 28.2 Å². The Kier molecular flexibility index (Phi) is 5.87. The standard InChI is InChI=1S/C16H18ClN3OS/c1-3-4-5-8-20-15(21)13-7-6-12(17)9-14(13)19-16(20)22-11(2)10-18/h6-7,9,11H,3-5,8H2,1-2H3/t11-/m0/s1. The van der Waals surface area contributed by atoms with Crippen molar-refractivity contribution in [2.75, 3.05) is 0 Å². The predicted molar refractivity (Wildman–Crippen MR) is 91.5 cm³/mol. The van der Waals surface area contributed by atoms with Gasteiger partial charge in [0.25, 0.3) is 5.56 Å². The van der Waals surface area contributed by atoms with E-state index in [9.17, 15) is 4.79 Å². The number of fused-ring (bicyclic) bond motifs is 1. The largest absolute Gasteiger partial charge is 0.287 e. The Bertz CT molecular complexity index is 766. The maximum Gasteiger partial charge on any atom is 0.262 e. The lowest BCUT2D eigenvalue weighted by Gasteiger charge is -2.13. The van der Waals surface area contributed by atoms with Gasteiger partial charge < -0.3 is 0 Å². The smallest absolute Gasteiger partial charge is 0.262 e. The van der Waals surface area contributed by atoms with Crippen LogP contribution in [0.3, 0.4) is 0 Å². The molecule has 0 spiro atoms. The Morgan fingerprint density at radius 1 is 1.45 bits per heavy atom. The summed E-state index contributed by atoms with van der Waals surface area (Å²) in [5, 5.41) is 10.5. The number of benzene rings is 1. The van der Waals surface area contributed by atoms with E-state index in [2.05, 4.69) is 18.0 Å². The Balaban J connectivity index is 2.54. The van der Waals surface area contributed by atoms with Gasteiger partial charge in [0.1, 0.15) is 0 Å². The van der Waals surface area contributed by atoms with Gasteiger partial charge in [0, 0.05) is 11.6 Å². The molecular weight excluding hydrogens is 318 g/mol. The minimum atomic E-state index is -0.263. The number of nitriles is 1. The number of thioether (sulfide) groups is 1. The first-order valence-electron chi connectivity index (χ1n) is 7.33. The van der Waals surface area contributed by atoms with Crippen molar-refractivity contribution >= 4 is 34.3 Å². The summed E-state index contributed by atoms with van der Waals surface area (Å²) in [7, 11) is 0. The van der Waals surface area contributed by atoms with Crippen LogP contribution in [0.4, 0.5) is 0 Å². The molecule has 116 valence electrons. The highest BCUT2D eigenvalue weighted by atomic mass is 35.5. The van der Waals surface area contributed by atoms with Crippen LogP contribution in [0.25, 0.3) is 10.9 Å². The highest BCUT2D eigenvalue weighted by molar-refractivity contribution is 8.00. The number of unbranched alkanes of at least 4 members (excludes halogenated alkanes) is 2. The van der Waals surface area contributed by atoms with Crippen molar-refractivity contribution in [3.8, 4) is 6.07 Å². The van der Waals surface area contributed by atoms with E-state index in [1.165, 1.54) is 11.8 Å². The SMILES string of the molecule is CCCCCn1c(S[C@@H](C)C#N)nc2cc(Cl)ccc2c1=O. The highest BCUT2D eigenvalue weighted by Gasteiger charge is 2.14. The van der Waals surface area contributed by atoms with Gasteiger partial charge in [-0.3, -0.25) is 9.36 Å². The first-order valence-corrected chi connectivity index (χ1v) is 8.59. The number of nitrogens with zero attached hydrogens (tertiary/aromatic N) is 3. The molecule has 0 amide bonds. The molecule has 2 aromatic rings. The van der Waals surface area contributed by atoms with Crippen LogP contribution in [0.1, 0.15) is 33.1 Å². The summed E-state index contributed by atoms with van der Waals surface area (Å²) < 4.78 is 1.68. The van der Waals surface area contributed by atoms with Crippen molar-refractivity contribution in [2.24, 2.45) is 0 Å². The summed E-state index contributed by atoms with van der Waals surface area (Å²) in [5.74, 6) is 0. The second kappa shape index (κ2) is 7.66. The molecular formula is C16H18ClN3OS. The van der Waals surface area contributed by atoms with E-state index in [4.69, 9.17) is 16.9 Å². The Morgan fingerprint density at radius 2 is 2.23 bits per heavy atom. The third-order valence-electron chi connectivity index (χ3n) is 3.33. The van der Waals surface area contributed by atoms with Gasteiger partial charge in [-0.15, -0.1) is 0 Å². The van der Waals surface area contributed by atoms with Gasteiger partial charge in [-0.05, 0) is 31.5 Å². The van der Waals surface area contributed by atoms with Gasteiger partial charge in [0.05, 0.1) is 22.2 Å². The summed E-state index contributed by atoms with van der Waals surface area (Å²) in [6.07, 6.45) is 3.07. The molecule has 0 aliphatic carbocycles. The summed E-state index contributed by atoms with van der Waals surface area (Å²) >= 11 is 7.30. The third kappa shape index (κ3) is 3.82. The molecule has 0 aliphatic heterocycles. The van der Waals surface area contributed by atoms with Crippen molar-refractivity contribution in [3.63, 3.8) is 0 Å². The molecule has 1 atom stereocenters. The number of hydrogen-bond acceptors (Lipinski definition) is 4. The minimum Gasteiger partial charge on any atom is -0.287 e. The quantitative estimate of drug-likeness (QED) is 0.450. The average molecular weight is 336 g/mol. The highest BCUT2D eigenvalue weighted by Crippen LogP contribution is 2.23. The first-order chi connectivity index (χ1) is 10.6. The summed E-state index contributed by atoms with van der Waals surface area (Å²) in [4.78, 5) is 17.3. The van der Waals surface area contributed by atoms with Crippen LogP contribution in [-0.2, 0) is 6.54 Å². The topological polar surface area (TPSA) is 58.7 Å². The fourth-order valence-corrected chi connectivity index (χ4v) is 3.15. The maximum atomic E-state index is 12.7. The molecule has 4 nitrogen and oxygen atoms in total. The molecule has 0 saturated heterocycles. The fraction of sp³-hybridized carbons (Fsp3) is 0.438. The molecule has 0 aliphatic rings. The van der Waals surface area contributed by atoms with Gasteiger partial charge in [-0.2, -0.15) is 5.26 Å². The Morgan fingerprint density at radius 3 is 2.91 bits per heavy atom. The van der Waals surface area contributed by atoms with Crippen molar-refractivity contribution in [1.29, 1.82) is 5.26 Å². The number of hydrogen-bond donors (Lipinski definition) is 0. The summed E-state index contributed by atoms with van der Waals surface area (Å²) in [5.41, 5.74) is 0.516. The van der Waals surface area contributed by atoms with E-state index >= 15 is 0 Å². The molecule has 1 aromatic carbocycles. The van der Waals surface area contributed by atoms with Gasteiger partial charge in [0.15, 0.2) is 5.16 Å². The predicted octanol–water partition coefficient (Wildman–Crippen LogP) is 4.24. The third-order valence-corrected chi connectivity index (χ3v) is 4.55. The number of halogens is 1. The van der Waals surface area contributed by atoms with Crippen LogP contribution in [-0.4, -0.2) is 14.8 Å². The summed E-state index contributed by atoms with van der Waals surface area (Å²) in [6.45, 7) is 4.55. The second-order valence-electron chi connectivity index (χ2n) is 5.11. The zero-order valence-electron chi connectivity index (χ0n) is 12.7. The first kappa shape index (κ1) is 16.9. The molecule has 0 bridgehead atoms. The monoisotopic (exact) mass is 335 g/mol. The van der Waals surface area contributed by atoms with E-state index in [1.54, 1.807) is 29.7 Å². The molecule has 0 unspecified atom stereocenters. The lowest BCUT2D eigenvalue weighted by molar-refractivity contribution is 0.541. The molecule has 0 radical (unpaired) electrons. The molecule has 0 saturated carbocycles. The molecule has 0 N–H and O–H groups in total. The van der Waals surface area contributed by atoms with Crippen molar-refractivity contribution < 1.29 is 0 Å². The zero-order valence-corrected chi connectivity index (χ0v) is 14.2. The van der Waals surface area contributed by atoms with E-state index in [-0.39, 0.29) is 10.8 Å². The lowest BCUT2D eigenvalue weighted by Crippen LogP contribution is -2.24. The Hall–Kier alpha value is -1.51. The van der Waals surface area contributed by atoms with Gasteiger partial charge in [-0.25, -0.2) is 4.98 Å². The van der Waals surface area contributed by atoms with Gasteiger partial charge in [-0.1, -0.05) is 43.1 Å².